The monoisotopic (exact) mass is 276 g/mol. The molecule has 1 atom stereocenters. The normalized spacial score (nSPS) is 18.7. The minimum absolute atomic E-state index is 0.0689. The predicted molar refractivity (Wildman–Crippen MR) is 79.7 cm³/mol. The minimum Gasteiger partial charge on any atom is -0.497 e. The van der Waals surface area contributed by atoms with Crippen molar-refractivity contribution in [2.45, 2.75) is 32.2 Å². The SMILES string of the molecule is COc1ccc(CC(C)N2CCC(C(N)=O)CC2)cc1. The van der Waals surface area contributed by atoms with Gasteiger partial charge in [-0.1, -0.05) is 12.1 Å². The Bertz CT molecular complexity index is 436. The van der Waals surface area contributed by atoms with Crippen molar-refractivity contribution in [1.29, 1.82) is 0 Å². The van der Waals surface area contributed by atoms with Crippen LogP contribution in [0.5, 0.6) is 5.75 Å². The summed E-state index contributed by atoms with van der Waals surface area (Å²) in [7, 11) is 1.68. The van der Waals surface area contributed by atoms with Crippen LogP contribution in [0.4, 0.5) is 0 Å². The lowest BCUT2D eigenvalue weighted by molar-refractivity contribution is -0.123. The van der Waals surface area contributed by atoms with E-state index in [1.165, 1.54) is 5.56 Å². The molecule has 1 saturated heterocycles. The van der Waals surface area contributed by atoms with Crippen molar-refractivity contribution in [2.75, 3.05) is 20.2 Å². The standard InChI is InChI=1S/C16H24N2O2/c1-12(11-13-3-5-15(20-2)6-4-13)18-9-7-14(8-10-18)16(17)19/h3-6,12,14H,7-11H2,1-2H3,(H2,17,19). The second-order valence-corrected chi connectivity index (χ2v) is 5.61. The van der Waals surface area contributed by atoms with Crippen LogP contribution in [-0.2, 0) is 11.2 Å². The number of nitrogens with zero attached hydrogens (tertiary/aromatic N) is 1. The molecule has 0 bridgehead atoms. The first-order chi connectivity index (χ1) is 9.60. The van der Waals surface area contributed by atoms with Gasteiger partial charge in [0.05, 0.1) is 7.11 Å². The lowest BCUT2D eigenvalue weighted by Gasteiger charge is -2.35. The van der Waals surface area contributed by atoms with Crippen LogP contribution in [0.15, 0.2) is 24.3 Å². The highest BCUT2D eigenvalue weighted by molar-refractivity contribution is 5.76. The largest absolute Gasteiger partial charge is 0.497 e. The Kier molecular flexibility index (Phi) is 5.01. The van der Waals surface area contributed by atoms with E-state index in [1.807, 2.05) is 12.1 Å². The molecule has 1 fully saturated rings. The Balaban J connectivity index is 1.85. The summed E-state index contributed by atoms with van der Waals surface area (Å²) in [5, 5.41) is 0. The molecule has 20 heavy (non-hydrogen) atoms. The maximum Gasteiger partial charge on any atom is 0.220 e. The predicted octanol–water partition coefficient (Wildman–Crippen LogP) is 1.82. The summed E-state index contributed by atoms with van der Waals surface area (Å²) < 4.78 is 5.17. The van der Waals surface area contributed by atoms with Gasteiger partial charge in [-0.05, 0) is 57.0 Å². The zero-order valence-corrected chi connectivity index (χ0v) is 12.3. The van der Waals surface area contributed by atoms with Gasteiger partial charge < -0.3 is 15.4 Å². The molecular weight excluding hydrogens is 252 g/mol. The van der Waals surface area contributed by atoms with Crippen LogP contribution in [0.2, 0.25) is 0 Å². The number of benzene rings is 1. The molecular formula is C16H24N2O2. The maximum atomic E-state index is 11.2. The molecule has 1 aliphatic heterocycles. The zero-order chi connectivity index (χ0) is 14.5. The number of carbonyl (C=O) groups is 1. The summed E-state index contributed by atoms with van der Waals surface area (Å²) >= 11 is 0. The Morgan fingerprint density at radius 3 is 2.45 bits per heavy atom. The summed E-state index contributed by atoms with van der Waals surface area (Å²) in [6.07, 6.45) is 2.80. The Hall–Kier alpha value is -1.55. The van der Waals surface area contributed by atoms with Crippen LogP contribution in [0.3, 0.4) is 0 Å². The Labute approximate surface area is 120 Å². The third kappa shape index (κ3) is 3.73. The molecule has 1 aromatic carbocycles. The fourth-order valence-corrected chi connectivity index (χ4v) is 2.86. The van der Waals surface area contributed by atoms with Gasteiger partial charge in [0.15, 0.2) is 0 Å². The molecule has 4 nitrogen and oxygen atoms in total. The molecule has 110 valence electrons. The van der Waals surface area contributed by atoms with Crippen LogP contribution in [0, 0.1) is 5.92 Å². The van der Waals surface area contributed by atoms with Crippen molar-refractivity contribution >= 4 is 5.91 Å². The van der Waals surface area contributed by atoms with E-state index in [0.717, 1.165) is 38.1 Å². The number of likely N-dealkylation sites (tertiary alicyclic amines) is 1. The fourth-order valence-electron chi connectivity index (χ4n) is 2.86. The van der Waals surface area contributed by atoms with Gasteiger partial charge in [-0.15, -0.1) is 0 Å². The lowest BCUT2D eigenvalue weighted by atomic mass is 9.94. The van der Waals surface area contributed by atoms with E-state index >= 15 is 0 Å². The Morgan fingerprint density at radius 2 is 1.95 bits per heavy atom. The number of carbonyl (C=O) groups excluding carboxylic acids is 1. The van der Waals surface area contributed by atoms with Gasteiger partial charge in [-0.3, -0.25) is 4.79 Å². The summed E-state index contributed by atoms with van der Waals surface area (Å²) in [6.45, 7) is 4.17. The third-order valence-corrected chi connectivity index (χ3v) is 4.25. The van der Waals surface area contributed by atoms with E-state index in [-0.39, 0.29) is 11.8 Å². The highest BCUT2D eigenvalue weighted by atomic mass is 16.5. The first-order valence-corrected chi connectivity index (χ1v) is 7.26. The second kappa shape index (κ2) is 6.75. The highest BCUT2D eigenvalue weighted by Crippen LogP contribution is 2.21. The van der Waals surface area contributed by atoms with Crippen molar-refractivity contribution in [3.05, 3.63) is 29.8 Å². The number of ether oxygens (including phenoxy) is 1. The van der Waals surface area contributed by atoms with Crippen molar-refractivity contribution in [3.63, 3.8) is 0 Å². The van der Waals surface area contributed by atoms with E-state index in [1.54, 1.807) is 7.11 Å². The number of hydrogen-bond acceptors (Lipinski definition) is 3. The van der Waals surface area contributed by atoms with E-state index < -0.39 is 0 Å². The second-order valence-electron chi connectivity index (χ2n) is 5.61. The van der Waals surface area contributed by atoms with E-state index in [2.05, 4.69) is 24.0 Å². The van der Waals surface area contributed by atoms with Crippen molar-refractivity contribution in [3.8, 4) is 5.75 Å². The molecule has 0 spiro atoms. The first kappa shape index (κ1) is 14.9. The molecule has 1 heterocycles. The molecule has 2 N–H and O–H groups in total. The molecule has 0 aliphatic carbocycles. The van der Waals surface area contributed by atoms with Crippen molar-refractivity contribution < 1.29 is 9.53 Å². The molecule has 1 aliphatic rings. The molecule has 1 aromatic rings. The van der Waals surface area contributed by atoms with E-state index in [9.17, 15) is 4.79 Å². The number of nitrogens with two attached hydrogens (primary N) is 1. The summed E-state index contributed by atoms with van der Waals surface area (Å²) in [5.74, 6) is 0.815. The minimum atomic E-state index is -0.146. The number of hydrogen-bond donors (Lipinski definition) is 1. The number of piperidine rings is 1. The van der Waals surface area contributed by atoms with E-state index in [0.29, 0.717) is 6.04 Å². The van der Waals surface area contributed by atoms with Crippen LogP contribution in [0.1, 0.15) is 25.3 Å². The van der Waals surface area contributed by atoms with Crippen molar-refractivity contribution in [1.82, 2.24) is 4.90 Å². The van der Waals surface area contributed by atoms with Gasteiger partial charge in [0, 0.05) is 12.0 Å². The molecule has 0 saturated carbocycles. The summed E-state index contributed by atoms with van der Waals surface area (Å²) in [5.41, 5.74) is 6.69. The molecule has 0 aromatic heterocycles. The maximum absolute atomic E-state index is 11.2. The van der Waals surface area contributed by atoms with Crippen LogP contribution in [0.25, 0.3) is 0 Å². The van der Waals surface area contributed by atoms with Crippen LogP contribution >= 0.6 is 0 Å². The summed E-state index contributed by atoms with van der Waals surface area (Å²) in [4.78, 5) is 13.6. The first-order valence-electron chi connectivity index (χ1n) is 7.26. The average Bonchev–Trinajstić information content (AvgIpc) is 2.48. The van der Waals surface area contributed by atoms with Crippen molar-refractivity contribution in [2.24, 2.45) is 11.7 Å². The summed E-state index contributed by atoms with van der Waals surface area (Å²) in [6, 6.07) is 8.72. The van der Waals surface area contributed by atoms with Gasteiger partial charge in [-0.25, -0.2) is 0 Å². The van der Waals surface area contributed by atoms with Crippen LogP contribution in [-0.4, -0.2) is 37.0 Å². The molecule has 0 radical (unpaired) electrons. The smallest absolute Gasteiger partial charge is 0.220 e. The van der Waals surface area contributed by atoms with Gasteiger partial charge in [0.1, 0.15) is 5.75 Å². The van der Waals surface area contributed by atoms with Gasteiger partial charge in [0.25, 0.3) is 0 Å². The highest BCUT2D eigenvalue weighted by Gasteiger charge is 2.25. The van der Waals surface area contributed by atoms with Gasteiger partial charge >= 0.3 is 0 Å². The third-order valence-electron chi connectivity index (χ3n) is 4.25. The van der Waals surface area contributed by atoms with E-state index in [4.69, 9.17) is 10.5 Å². The number of primary amides is 1. The molecule has 1 unspecified atom stereocenters. The molecule has 1 amide bonds. The van der Waals surface area contributed by atoms with Gasteiger partial charge in [-0.2, -0.15) is 0 Å². The van der Waals surface area contributed by atoms with Gasteiger partial charge in [0.2, 0.25) is 5.91 Å². The topological polar surface area (TPSA) is 55.6 Å². The number of methoxy groups -OCH3 is 1. The fraction of sp³-hybridized carbons (Fsp3) is 0.562. The average molecular weight is 276 g/mol. The number of amides is 1. The quantitative estimate of drug-likeness (QED) is 0.892. The Morgan fingerprint density at radius 1 is 1.35 bits per heavy atom. The molecule has 4 heteroatoms. The molecule has 2 rings (SSSR count). The zero-order valence-electron chi connectivity index (χ0n) is 12.3. The lowest BCUT2D eigenvalue weighted by Crippen LogP contribution is -2.43. The number of rotatable bonds is 5. The van der Waals surface area contributed by atoms with Crippen LogP contribution < -0.4 is 10.5 Å².